The molecule has 5 heteroatoms. The number of halogens is 2. The summed E-state index contributed by atoms with van der Waals surface area (Å²) in [7, 11) is 0. The molecule has 5 aromatic rings. The summed E-state index contributed by atoms with van der Waals surface area (Å²) in [5, 5.41) is 7.05. The van der Waals surface area contributed by atoms with Crippen LogP contribution < -0.4 is 5.32 Å². The summed E-state index contributed by atoms with van der Waals surface area (Å²) in [5.74, 6) is -0.0370. The van der Waals surface area contributed by atoms with E-state index in [4.69, 9.17) is 28.2 Å². The largest absolute Gasteiger partial charge is 0.376 e. The minimum absolute atomic E-state index is 0.0327. The summed E-state index contributed by atoms with van der Waals surface area (Å²) in [4.78, 5) is 18.2. The predicted octanol–water partition coefficient (Wildman–Crippen LogP) is 9.06. The van der Waals surface area contributed by atoms with E-state index in [9.17, 15) is 4.79 Å². The maximum atomic E-state index is 13.2. The molecule has 1 atom stereocenters. The molecule has 0 radical (unpaired) electrons. The molecule has 0 fully saturated rings. The van der Waals surface area contributed by atoms with E-state index in [0.717, 1.165) is 22.5 Å². The number of carbonyl (C=O) groups is 1. The van der Waals surface area contributed by atoms with E-state index in [1.54, 1.807) is 6.07 Å². The van der Waals surface area contributed by atoms with Gasteiger partial charge in [0.05, 0.1) is 33.2 Å². The van der Waals surface area contributed by atoms with Gasteiger partial charge >= 0.3 is 0 Å². The maximum absolute atomic E-state index is 13.2. The van der Waals surface area contributed by atoms with Crippen LogP contribution in [0.2, 0.25) is 10.0 Å². The molecule has 0 amide bonds. The molecule has 1 heterocycles. The van der Waals surface area contributed by atoms with Gasteiger partial charge in [-0.1, -0.05) is 96.0 Å². The SMILES string of the molecule is O=C(c1ccccc1)c1ccc2c(c1)N=C(c1ccc(Cl)c(Cl)c1)C[C@H](c1ccc3ccccc3c1)N2. The fourth-order valence-electron chi connectivity index (χ4n) is 4.75. The zero-order chi connectivity index (χ0) is 25.4. The molecule has 37 heavy (non-hydrogen) atoms. The second-order valence-electron chi connectivity index (χ2n) is 9.12. The first-order chi connectivity index (χ1) is 18.0. The first-order valence-corrected chi connectivity index (χ1v) is 12.8. The van der Waals surface area contributed by atoms with E-state index < -0.39 is 0 Å². The van der Waals surface area contributed by atoms with Crippen LogP contribution in [0.4, 0.5) is 11.4 Å². The van der Waals surface area contributed by atoms with Gasteiger partial charge in [-0.15, -0.1) is 0 Å². The molecule has 0 saturated carbocycles. The van der Waals surface area contributed by atoms with Gasteiger partial charge in [0, 0.05) is 17.5 Å². The highest BCUT2D eigenvalue weighted by molar-refractivity contribution is 6.42. The summed E-state index contributed by atoms with van der Waals surface area (Å²) in [6.07, 6.45) is 0.632. The highest BCUT2D eigenvalue weighted by atomic mass is 35.5. The molecule has 0 saturated heterocycles. The molecule has 1 N–H and O–H groups in total. The third-order valence-corrected chi connectivity index (χ3v) is 7.45. The van der Waals surface area contributed by atoms with Crippen LogP contribution in [0, 0.1) is 0 Å². The lowest BCUT2D eigenvalue weighted by atomic mass is 9.95. The van der Waals surface area contributed by atoms with Gasteiger partial charge in [0.1, 0.15) is 0 Å². The summed E-state index contributed by atoms with van der Waals surface area (Å²) < 4.78 is 0. The zero-order valence-corrected chi connectivity index (χ0v) is 21.3. The Bertz CT molecular complexity index is 1680. The number of hydrogen-bond donors (Lipinski definition) is 1. The van der Waals surface area contributed by atoms with Crippen LogP contribution in [0.1, 0.15) is 39.5 Å². The molecule has 0 bridgehead atoms. The smallest absolute Gasteiger partial charge is 0.193 e. The minimum atomic E-state index is -0.0370. The maximum Gasteiger partial charge on any atom is 0.193 e. The van der Waals surface area contributed by atoms with Gasteiger partial charge in [-0.3, -0.25) is 9.79 Å². The van der Waals surface area contributed by atoms with Crippen molar-refractivity contribution in [2.24, 2.45) is 4.99 Å². The normalized spacial score (nSPS) is 14.9. The number of nitrogens with zero attached hydrogens (tertiary/aromatic N) is 1. The summed E-state index contributed by atoms with van der Waals surface area (Å²) in [5.41, 5.74) is 5.74. The topological polar surface area (TPSA) is 41.5 Å². The summed E-state index contributed by atoms with van der Waals surface area (Å²) >= 11 is 12.6. The van der Waals surface area contributed by atoms with Gasteiger partial charge in [0.25, 0.3) is 0 Å². The second-order valence-corrected chi connectivity index (χ2v) is 9.94. The molecular weight excluding hydrogens is 499 g/mol. The van der Waals surface area contributed by atoms with Crippen molar-refractivity contribution in [1.82, 2.24) is 0 Å². The van der Waals surface area contributed by atoms with E-state index in [1.165, 1.54) is 10.8 Å². The number of fused-ring (bicyclic) bond motifs is 2. The monoisotopic (exact) mass is 520 g/mol. The summed E-state index contributed by atoms with van der Waals surface area (Å²) in [6.45, 7) is 0. The molecule has 1 aliphatic heterocycles. The standard InChI is InChI=1S/C32H22Cl2N2O/c33-26-14-12-24(17-27(26)34)30-19-29(23-11-10-20-6-4-5-9-22(20)16-23)35-28-15-13-25(18-31(28)36-30)32(37)21-7-2-1-3-8-21/h1-18,29,35H,19H2/t29-/m1/s1. The Morgan fingerprint density at radius 3 is 2.32 bits per heavy atom. The number of aliphatic imine (C=N–C) groups is 1. The van der Waals surface area contributed by atoms with Gasteiger partial charge in [-0.2, -0.15) is 0 Å². The lowest BCUT2D eigenvalue weighted by molar-refractivity contribution is 0.103. The minimum Gasteiger partial charge on any atom is -0.376 e. The van der Waals surface area contributed by atoms with Crippen molar-refractivity contribution in [3.63, 3.8) is 0 Å². The van der Waals surface area contributed by atoms with E-state index in [1.807, 2.05) is 66.7 Å². The number of rotatable bonds is 4. The second kappa shape index (κ2) is 9.85. The number of ketones is 1. The zero-order valence-electron chi connectivity index (χ0n) is 19.8. The number of carbonyl (C=O) groups excluding carboxylic acids is 1. The fourth-order valence-corrected chi connectivity index (χ4v) is 5.05. The summed E-state index contributed by atoms with van der Waals surface area (Å²) in [6, 6.07) is 35.4. The first-order valence-electron chi connectivity index (χ1n) is 12.1. The highest BCUT2D eigenvalue weighted by Gasteiger charge is 2.23. The average molecular weight is 521 g/mol. The van der Waals surface area contributed by atoms with Crippen molar-refractivity contribution < 1.29 is 4.79 Å². The van der Waals surface area contributed by atoms with Gasteiger partial charge in [0.15, 0.2) is 5.78 Å². The predicted molar refractivity (Wildman–Crippen MR) is 154 cm³/mol. The Kier molecular flexibility index (Phi) is 6.25. The van der Waals surface area contributed by atoms with E-state index in [2.05, 4.69) is 41.7 Å². The Hall–Kier alpha value is -3.92. The van der Waals surface area contributed by atoms with Gasteiger partial charge < -0.3 is 5.32 Å². The lowest BCUT2D eigenvalue weighted by Gasteiger charge is -2.20. The van der Waals surface area contributed by atoms with Crippen molar-refractivity contribution in [1.29, 1.82) is 0 Å². The Labute approximate surface area is 225 Å². The third-order valence-electron chi connectivity index (χ3n) is 6.71. The molecular formula is C32H22Cl2N2O. The van der Waals surface area contributed by atoms with Crippen LogP contribution in [0.25, 0.3) is 10.8 Å². The van der Waals surface area contributed by atoms with E-state index in [0.29, 0.717) is 33.3 Å². The van der Waals surface area contributed by atoms with E-state index in [-0.39, 0.29) is 11.8 Å². The van der Waals surface area contributed by atoms with E-state index >= 15 is 0 Å². The van der Waals surface area contributed by atoms with Crippen LogP contribution in [0.5, 0.6) is 0 Å². The van der Waals surface area contributed by atoms with Crippen molar-refractivity contribution in [2.45, 2.75) is 12.5 Å². The molecule has 0 unspecified atom stereocenters. The van der Waals surface area contributed by atoms with Crippen LogP contribution in [-0.2, 0) is 0 Å². The number of benzene rings is 5. The molecule has 0 aromatic heterocycles. The molecule has 5 aromatic carbocycles. The average Bonchev–Trinajstić information content (AvgIpc) is 3.14. The van der Waals surface area contributed by atoms with Crippen molar-refractivity contribution in [3.05, 3.63) is 141 Å². The van der Waals surface area contributed by atoms with Crippen LogP contribution in [0.3, 0.4) is 0 Å². The molecule has 1 aliphatic rings. The number of nitrogens with one attached hydrogen (secondary N) is 1. The van der Waals surface area contributed by atoms with Crippen LogP contribution in [0.15, 0.2) is 114 Å². The Morgan fingerprint density at radius 2 is 1.51 bits per heavy atom. The highest BCUT2D eigenvalue weighted by Crippen LogP contribution is 2.38. The van der Waals surface area contributed by atoms with Crippen molar-refractivity contribution >= 4 is 56.8 Å². The Morgan fingerprint density at radius 1 is 0.730 bits per heavy atom. The van der Waals surface area contributed by atoms with Crippen molar-refractivity contribution in [2.75, 3.05) is 5.32 Å². The van der Waals surface area contributed by atoms with Crippen LogP contribution in [-0.4, -0.2) is 11.5 Å². The number of anilines is 1. The lowest BCUT2D eigenvalue weighted by Crippen LogP contribution is -2.14. The first kappa shape index (κ1) is 23.5. The Balaban J connectivity index is 1.46. The van der Waals surface area contributed by atoms with Crippen LogP contribution >= 0.6 is 23.2 Å². The molecule has 180 valence electrons. The molecule has 0 spiro atoms. The number of hydrogen-bond acceptors (Lipinski definition) is 3. The quantitative estimate of drug-likeness (QED) is 0.240. The molecule has 6 rings (SSSR count). The van der Waals surface area contributed by atoms with Gasteiger partial charge in [-0.05, 0) is 58.3 Å². The molecule has 3 nitrogen and oxygen atoms in total. The van der Waals surface area contributed by atoms with Crippen molar-refractivity contribution in [3.8, 4) is 0 Å². The fraction of sp³-hybridized carbons (Fsp3) is 0.0625. The third kappa shape index (κ3) is 4.76. The van der Waals surface area contributed by atoms with Gasteiger partial charge in [0.2, 0.25) is 0 Å². The van der Waals surface area contributed by atoms with Gasteiger partial charge in [-0.25, -0.2) is 0 Å². The molecule has 0 aliphatic carbocycles.